The molecule has 0 spiro atoms. The minimum atomic E-state index is -3.63. The van der Waals surface area contributed by atoms with Crippen molar-refractivity contribution >= 4 is 10.0 Å². The van der Waals surface area contributed by atoms with Crippen molar-refractivity contribution in [2.24, 2.45) is 5.14 Å². The highest BCUT2D eigenvalue weighted by Crippen LogP contribution is 2.27. The lowest BCUT2D eigenvalue weighted by Gasteiger charge is -2.10. The maximum atomic E-state index is 11.2. The number of nitrogens with two attached hydrogens (primary N) is 1. The lowest BCUT2D eigenvalue weighted by molar-refractivity contribution is -0.00000811. The van der Waals surface area contributed by atoms with Crippen molar-refractivity contribution in [3.8, 4) is 11.5 Å². The first-order chi connectivity index (χ1) is 11.4. The van der Waals surface area contributed by atoms with Gasteiger partial charge in [-0.2, -0.15) is 0 Å². The van der Waals surface area contributed by atoms with Gasteiger partial charge in [-0.05, 0) is 48.4 Å². The van der Waals surface area contributed by atoms with Crippen LogP contribution in [0.5, 0.6) is 11.5 Å². The van der Waals surface area contributed by atoms with Crippen molar-refractivity contribution in [3.63, 3.8) is 0 Å². The number of primary sulfonamides is 1. The van der Waals surface area contributed by atoms with Gasteiger partial charge in [-0.25, -0.2) is 13.6 Å². The molecule has 0 unspecified atom stereocenters. The third-order valence-corrected chi connectivity index (χ3v) is 4.55. The molecule has 0 bridgehead atoms. The highest BCUT2D eigenvalue weighted by atomic mass is 35.5. The Morgan fingerprint density at radius 2 is 1.56 bits per heavy atom. The van der Waals surface area contributed by atoms with E-state index in [1.54, 1.807) is 26.4 Å². The molecule has 8 heteroatoms. The SMILES string of the molecule is COc1ccc(CNCCc2ccc(S(N)(=O)=O)cc2)cc1OC.[Cl-]. The van der Waals surface area contributed by atoms with Crippen LogP contribution in [0.3, 0.4) is 0 Å². The van der Waals surface area contributed by atoms with Gasteiger partial charge in [0, 0.05) is 6.54 Å². The first-order valence-corrected chi connectivity index (χ1v) is 9.02. The van der Waals surface area contributed by atoms with E-state index < -0.39 is 10.0 Å². The molecule has 0 aliphatic rings. The minimum Gasteiger partial charge on any atom is -1.00 e. The van der Waals surface area contributed by atoms with Gasteiger partial charge in [0.2, 0.25) is 10.0 Å². The molecule has 6 nitrogen and oxygen atoms in total. The molecular weight excluding hydrogens is 364 g/mol. The second-order valence-corrected chi connectivity index (χ2v) is 6.87. The molecule has 0 heterocycles. The lowest BCUT2D eigenvalue weighted by Crippen LogP contribution is -3.00. The van der Waals surface area contributed by atoms with Crippen molar-refractivity contribution in [3.05, 3.63) is 53.6 Å². The van der Waals surface area contributed by atoms with Crippen LogP contribution >= 0.6 is 0 Å². The van der Waals surface area contributed by atoms with Gasteiger partial charge in [0.1, 0.15) is 0 Å². The van der Waals surface area contributed by atoms with Gasteiger partial charge in [0.05, 0.1) is 19.1 Å². The van der Waals surface area contributed by atoms with E-state index in [-0.39, 0.29) is 17.3 Å². The third kappa shape index (κ3) is 6.21. The van der Waals surface area contributed by atoms with Crippen molar-refractivity contribution in [1.82, 2.24) is 5.32 Å². The van der Waals surface area contributed by atoms with Gasteiger partial charge >= 0.3 is 0 Å². The van der Waals surface area contributed by atoms with Crippen LogP contribution in [0.15, 0.2) is 47.4 Å². The zero-order valence-electron chi connectivity index (χ0n) is 14.2. The van der Waals surface area contributed by atoms with Gasteiger partial charge in [-0.1, -0.05) is 18.2 Å². The largest absolute Gasteiger partial charge is 1.00 e. The Hall–Kier alpha value is -1.80. The summed E-state index contributed by atoms with van der Waals surface area (Å²) < 4.78 is 32.9. The maximum absolute atomic E-state index is 11.2. The van der Waals surface area contributed by atoms with Crippen LogP contribution in [0.4, 0.5) is 0 Å². The molecule has 2 rings (SSSR count). The molecule has 0 radical (unpaired) electrons. The van der Waals surface area contributed by atoms with Crippen LogP contribution in [-0.2, 0) is 23.0 Å². The number of halogens is 1. The number of rotatable bonds is 8. The van der Waals surface area contributed by atoms with Gasteiger partial charge < -0.3 is 27.2 Å². The van der Waals surface area contributed by atoms with E-state index in [1.807, 2.05) is 18.2 Å². The summed E-state index contributed by atoms with van der Waals surface area (Å²) in [7, 11) is -0.411. The number of benzene rings is 2. The molecule has 0 aliphatic heterocycles. The molecule has 2 aromatic rings. The first-order valence-electron chi connectivity index (χ1n) is 7.47. The average Bonchev–Trinajstić information content (AvgIpc) is 2.58. The number of ether oxygens (including phenoxy) is 2. The Morgan fingerprint density at radius 1 is 0.960 bits per heavy atom. The molecule has 0 aromatic heterocycles. The fraction of sp³-hybridized carbons (Fsp3) is 0.294. The van der Waals surface area contributed by atoms with Crippen LogP contribution in [-0.4, -0.2) is 29.2 Å². The van der Waals surface area contributed by atoms with E-state index in [1.165, 1.54) is 12.1 Å². The Kier molecular flexibility index (Phi) is 8.18. The molecule has 0 saturated carbocycles. The Morgan fingerprint density at radius 3 is 2.12 bits per heavy atom. The Labute approximate surface area is 154 Å². The van der Waals surface area contributed by atoms with Crippen LogP contribution in [0.25, 0.3) is 0 Å². The number of methoxy groups -OCH3 is 2. The van der Waals surface area contributed by atoms with Crippen LogP contribution < -0.4 is 32.3 Å². The van der Waals surface area contributed by atoms with Crippen molar-refractivity contribution in [1.29, 1.82) is 0 Å². The Balaban J connectivity index is 0.00000312. The Bertz CT molecular complexity index is 780. The molecule has 0 aliphatic carbocycles. The molecule has 138 valence electrons. The smallest absolute Gasteiger partial charge is 0.238 e. The number of sulfonamides is 1. The summed E-state index contributed by atoms with van der Waals surface area (Å²) >= 11 is 0. The van der Waals surface area contributed by atoms with Crippen molar-refractivity contribution in [2.75, 3.05) is 20.8 Å². The predicted molar refractivity (Wildman–Crippen MR) is 92.8 cm³/mol. The lowest BCUT2D eigenvalue weighted by atomic mass is 10.1. The van der Waals surface area contributed by atoms with Gasteiger partial charge in [0.25, 0.3) is 0 Å². The zero-order valence-corrected chi connectivity index (χ0v) is 15.7. The van der Waals surface area contributed by atoms with E-state index in [4.69, 9.17) is 14.6 Å². The van der Waals surface area contributed by atoms with E-state index in [2.05, 4.69) is 5.32 Å². The predicted octanol–water partition coefficient (Wildman–Crippen LogP) is -1.31. The minimum absolute atomic E-state index is 0. The van der Waals surface area contributed by atoms with Crippen LogP contribution in [0, 0.1) is 0 Å². The van der Waals surface area contributed by atoms with Crippen LogP contribution in [0.2, 0.25) is 0 Å². The molecule has 0 atom stereocenters. The molecule has 0 fully saturated rings. The average molecular weight is 386 g/mol. The fourth-order valence-corrected chi connectivity index (χ4v) is 2.82. The number of hydrogen-bond donors (Lipinski definition) is 2. The molecule has 0 saturated heterocycles. The number of nitrogens with one attached hydrogen (secondary N) is 1. The second kappa shape index (κ2) is 9.62. The highest BCUT2D eigenvalue weighted by molar-refractivity contribution is 7.89. The zero-order chi connectivity index (χ0) is 17.6. The summed E-state index contributed by atoms with van der Waals surface area (Å²) in [5, 5.41) is 8.42. The standard InChI is InChI=1S/C17H22N2O4S.ClH/c1-22-16-8-5-14(11-17(16)23-2)12-19-10-9-13-3-6-15(7-4-13)24(18,20)21;/h3-8,11,19H,9-10,12H2,1-2H3,(H2,18,20,21);1H/p-1. The van der Waals surface area contributed by atoms with E-state index in [9.17, 15) is 8.42 Å². The summed E-state index contributed by atoms with van der Waals surface area (Å²) in [5.74, 6) is 1.41. The van der Waals surface area contributed by atoms with Crippen molar-refractivity contribution < 1.29 is 30.3 Å². The normalized spacial score (nSPS) is 10.8. The van der Waals surface area contributed by atoms with Crippen molar-refractivity contribution in [2.45, 2.75) is 17.9 Å². The van der Waals surface area contributed by atoms with E-state index in [0.717, 1.165) is 24.1 Å². The summed E-state index contributed by atoms with van der Waals surface area (Å²) in [6.45, 7) is 1.47. The summed E-state index contributed by atoms with van der Waals surface area (Å²) in [5.41, 5.74) is 2.14. The summed E-state index contributed by atoms with van der Waals surface area (Å²) in [4.78, 5) is 0.129. The monoisotopic (exact) mass is 385 g/mol. The summed E-state index contributed by atoms with van der Waals surface area (Å²) in [6.07, 6.45) is 0.790. The van der Waals surface area contributed by atoms with Gasteiger partial charge in [-0.3, -0.25) is 0 Å². The van der Waals surface area contributed by atoms with Gasteiger partial charge in [0.15, 0.2) is 11.5 Å². The molecular formula is C17H22ClN2O4S-. The number of hydrogen-bond acceptors (Lipinski definition) is 5. The third-order valence-electron chi connectivity index (χ3n) is 3.62. The highest BCUT2D eigenvalue weighted by Gasteiger charge is 2.07. The first kappa shape index (κ1) is 21.2. The van der Waals surface area contributed by atoms with E-state index in [0.29, 0.717) is 18.0 Å². The molecule has 25 heavy (non-hydrogen) atoms. The quantitative estimate of drug-likeness (QED) is 0.550. The molecule has 3 N–H and O–H groups in total. The topological polar surface area (TPSA) is 90.6 Å². The molecule has 2 aromatic carbocycles. The maximum Gasteiger partial charge on any atom is 0.238 e. The summed E-state index contributed by atoms with van der Waals surface area (Å²) in [6, 6.07) is 12.4. The molecule has 0 amide bonds. The van der Waals surface area contributed by atoms with E-state index >= 15 is 0 Å². The van der Waals surface area contributed by atoms with Crippen LogP contribution in [0.1, 0.15) is 11.1 Å². The second-order valence-electron chi connectivity index (χ2n) is 5.31. The van der Waals surface area contributed by atoms with Gasteiger partial charge in [-0.15, -0.1) is 0 Å². The fourth-order valence-electron chi connectivity index (χ4n) is 2.30.